The molecule has 7 heteroatoms. The molecule has 0 aromatic rings. The zero-order chi connectivity index (χ0) is 23.1. The molecule has 7 nitrogen and oxygen atoms in total. The Bertz CT molecular complexity index is 941. The summed E-state index contributed by atoms with van der Waals surface area (Å²) in [4.78, 5) is 43.3. The van der Waals surface area contributed by atoms with Gasteiger partial charge in [0.25, 0.3) is 0 Å². The van der Waals surface area contributed by atoms with Crippen molar-refractivity contribution in [2.24, 2.45) is 34.5 Å². The zero-order valence-corrected chi connectivity index (χ0v) is 19.3. The number of nitrogens with zero attached hydrogens (tertiary/aromatic N) is 1. The van der Waals surface area contributed by atoms with E-state index in [0.29, 0.717) is 13.0 Å². The van der Waals surface area contributed by atoms with Crippen LogP contribution in [-0.2, 0) is 24.0 Å². The number of Topliss-reactive ketones (excluding diaryl/α,β-unsaturated/α-hetero) is 1. The third kappa shape index (κ3) is 2.74. The third-order valence-electron chi connectivity index (χ3n) is 9.45. The van der Waals surface area contributed by atoms with Gasteiger partial charge >= 0.3 is 5.97 Å². The van der Waals surface area contributed by atoms with Gasteiger partial charge < -0.3 is 9.84 Å². The standard InChI is InChI=1S/C25H33NO6/c1-14(27)31-13-21(30)25-16(12-26(4)32-25)10-19-18-6-5-15-9-17(28)7-8-23(15,2)22(18)20(29)11-24(19,25)3/h7-9,16,18-20,22,29H,5-6,10-13H2,1-4H3/t16-,18?,19?,20?,22+,23?,24?,25-/m0/s1. The highest BCUT2D eigenvalue weighted by Crippen LogP contribution is 2.70. The minimum Gasteiger partial charge on any atom is -0.458 e. The van der Waals surface area contributed by atoms with E-state index in [4.69, 9.17) is 9.57 Å². The second-order valence-corrected chi connectivity index (χ2v) is 11.0. The smallest absolute Gasteiger partial charge is 0.303 e. The largest absolute Gasteiger partial charge is 0.458 e. The molecular formula is C25H33NO6. The monoisotopic (exact) mass is 443 g/mol. The number of hydrogen-bond donors (Lipinski definition) is 1. The van der Waals surface area contributed by atoms with Crippen LogP contribution in [0.15, 0.2) is 23.8 Å². The maximum atomic E-state index is 13.6. The molecular weight excluding hydrogens is 410 g/mol. The summed E-state index contributed by atoms with van der Waals surface area (Å²) >= 11 is 0. The number of aliphatic hydroxyl groups is 1. The number of fused-ring (bicyclic) bond motifs is 7. The van der Waals surface area contributed by atoms with E-state index >= 15 is 0 Å². The highest BCUT2D eigenvalue weighted by atomic mass is 16.7. The third-order valence-corrected chi connectivity index (χ3v) is 9.45. The Labute approximate surface area is 188 Å². The molecule has 1 N–H and O–H groups in total. The Kier molecular flexibility index (Phi) is 4.87. The Morgan fingerprint density at radius 2 is 2.09 bits per heavy atom. The van der Waals surface area contributed by atoms with Gasteiger partial charge in [-0.15, -0.1) is 0 Å². The lowest BCUT2D eigenvalue weighted by Crippen LogP contribution is -2.63. The predicted octanol–water partition coefficient (Wildman–Crippen LogP) is 2.24. The fraction of sp³-hybridized carbons (Fsp3) is 0.720. The molecule has 32 heavy (non-hydrogen) atoms. The highest BCUT2D eigenvalue weighted by molar-refractivity contribution is 6.01. The van der Waals surface area contributed by atoms with E-state index < -0.39 is 23.1 Å². The summed E-state index contributed by atoms with van der Waals surface area (Å²) in [5.74, 6) is -0.246. The number of carbonyl (C=O) groups excluding carboxylic acids is 3. The summed E-state index contributed by atoms with van der Waals surface area (Å²) in [6, 6.07) is 0. The average Bonchev–Trinajstić information content (AvgIpc) is 3.17. The summed E-state index contributed by atoms with van der Waals surface area (Å²) in [5, 5.41) is 13.3. The lowest BCUT2D eigenvalue weighted by atomic mass is 9.46. The van der Waals surface area contributed by atoms with Gasteiger partial charge in [0, 0.05) is 43.2 Å². The molecule has 174 valence electrons. The van der Waals surface area contributed by atoms with Crippen LogP contribution in [0.2, 0.25) is 0 Å². The van der Waals surface area contributed by atoms with Crippen LogP contribution < -0.4 is 0 Å². The number of hydroxylamine groups is 2. The molecule has 1 heterocycles. The molecule has 0 amide bonds. The van der Waals surface area contributed by atoms with Crippen LogP contribution in [0.5, 0.6) is 0 Å². The van der Waals surface area contributed by atoms with Crippen molar-refractivity contribution < 1.29 is 29.1 Å². The van der Waals surface area contributed by atoms with Crippen LogP contribution in [0.1, 0.15) is 46.5 Å². The molecule has 1 aliphatic heterocycles. The van der Waals surface area contributed by atoms with Crippen molar-refractivity contribution in [1.82, 2.24) is 5.06 Å². The van der Waals surface area contributed by atoms with Crippen molar-refractivity contribution in [3.8, 4) is 0 Å². The van der Waals surface area contributed by atoms with Crippen molar-refractivity contribution in [2.45, 2.75) is 58.2 Å². The van der Waals surface area contributed by atoms with Crippen molar-refractivity contribution in [1.29, 1.82) is 0 Å². The summed E-state index contributed by atoms with van der Waals surface area (Å²) in [6.07, 6.45) is 7.76. The summed E-state index contributed by atoms with van der Waals surface area (Å²) in [5.41, 5.74) is -0.888. The fourth-order valence-corrected chi connectivity index (χ4v) is 8.32. The van der Waals surface area contributed by atoms with E-state index in [1.165, 1.54) is 6.92 Å². The molecule has 5 aliphatic rings. The number of aliphatic hydroxyl groups excluding tert-OH is 1. The van der Waals surface area contributed by atoms with E-state index in [0.717, 1.165) is 24.8 Å². The molecule has 0 aromatic carbocycles. The Morgan fingerprint density at radius 3 is 2.81 bits per heavy atom. The zero-order valence-electron chi connectivity index (χ0n) is 19.3. The molecule has 3 saturated carbocycles. The normalized spacial score (nSPS) is 47.2. The molecule has 1 saturated heterocycles. The SMILES string of the molecule is CC(=O)OCC(=O)[C@@]12ON(C)C[C@@H]1CC1C3CCC4=CC(=O)C=CC4(C)[C@H]3C(O)CC12C. The van der Waals surface area contributed by atoms with Gasteiger partial charge in [-0.05, 0) is 49.7 Å². The minimum atomic E-state index is -1.09. The topological polar surface area (TPSA) is 93.1 Å². The molecule has 4 aliphatic carbocycles. The van der Waals surface area contributed by atoms with Gasteiger partial charge in [-0.25, -0.2) is 0 Å². The van der Waals surface area contributed by atoms with Crippen LogP contribution >= 0.6 is 0 Å². The predicted molar refractivity (Wildman–Crippen MR) is 115 cm³/mol. The molecule has 4 fully saturated rings. The second-order valence-electron chi connectivity index (χ2n) is 11.0. The van der Waals surface area contributed by atoms with Gasteiger partial charge in [0.15, 0.2) is 18.0 Å². The number of ether oxygens (including phenoxy) is 1. The number of esters is 1. The second kappa shape index (κ2) is 7.08. The first-order chi connectivity index (χ1) is 15.0. The van der Waals surface area contributed by atoms with Crippen molar-refractivity contribution >= 4 is 17.5 Å². The van der Waals surface area contributed by atoms with Gasteiger partial charge in [0.2, 0.25) is 5.78 Å². The number of hydrogen-bond acceptors (Lipinski definition) is 7. The average molecular weight is 444 g/mol. The van der Waals surface area contributed by atoms with E-state index in [-0.39, 0.29) is 47.3 Å². The van der Waals surface area contributed by atoms with Crippen molar-refractivity contribution in [3.05, 3.63) is 23.8 Å². The van der Waals surface area contributed by atoms with Crippen LogP contribution in [-0.4, -0.2) is 59.6 Å². The van der Waals surface area contributed by atoms with E-state index in [2.05, 4.69) is 13.8 Å². The summed E-state index contributed by atoms with van der Waals surface area (Å²) < 4.78 is 5.11. The molecule has 0 bridgehead atoms. The molecule has 8 atom stereocenters. The van der Waals surface area contributed by atoms with Crippen molar-refractivity contribution in [3.63, 3.8) is 0 Å². The first kappa shape index (κ1) is 22.0. The first-order valence-electron chi connectivity index (χ1n) is 11.7. The van der Waals surface area contributed by atoms with E-state index in [9.17, 15) is 19.5 Å². The van der Waals surface area contributed by atoms with Gasteiger partial charge in [-0.1, -0.05) is 25.5 Å². The van der Waals surface area contributed by atoms with E-state index in [1.54, 1.807) is 17.2 Å². The molecule has 0 aromatic heterocycles. The quantitative estimate of drug-likeness (QED) is 0.669. The van der Waals surface area contributed by atoms with E-state index in [1.807, 2.05) is 13.1 Å². The number of rotatable bonds is 3. The van der Waals surface area contributed by atoms with Gasteiger partial charge in [-0.3, -0.25) is 19.2 Å². The number of carbonyl (C=O) groups is 3. The number of allylic oxidation sites excluding steroid dienone is 4. The number of ketones is 2. The molecule has 5 rings (SSSR count). The molecule has 5 unspecified atom stereocenters. The van der Waals surface area contributed by atoms with Gasteiger partial charge in [-0.2, -0.15) is 5.06 Å². The fourth-order valence-electron chi connectivity index (χ4n) is 8.32. The van der Waals surface area contributed by atoms with Gasteiger partial charge in [0.05, 0.1) is 6.10 Å². The summed E-state index contributed by atoms with van der Waals surface area (Å²) in [6.45, 7) is 5.88. The maximum absolute atomic E-state index is 13.6. The maximum Gasteiger partial charge on any atom is 0.303 e. The van der Waals surface area contributed by atoms with Crippen LogP contribution in [0.3, 0.4) is 0 Å². The van der Waals surface area contributed by atoms with Gasteiger partial charge in [0.1, 0.15) is 0 Å². The van der Waals surface area contributed by atoms with Crippen LogP contribution in [0.25, 0.3) is 0 Å². The first-order valence-corrected chi connectivity index (χ1v) is 11.7. The van der Waals surface area contributed by atoms with Crippen LogP contribution in [0.4, 0.5) is 0 Å². The Morgan fingerprint density at radius 1 is 1.34 bits per heavy atom. The van der Waals surface area contributed by atoms with Crippen LogP contribution in [0, 0.1) is 34.5 Å². The Hall–Kier alpha value is -1.83. The lowest BCUT2D eigenvalue weighted by molar-refractivity contribution is -0.244. The van der Waals surface area contributed by atoms with Crippen molar-refractivity contribution in [2.75, 3.05) is 20.2 Å². The summed E-state index contributed by atoms with van der Waals surface area (Å²) in [7, 11) is 1.84. The lowest BCUT2D eigenvalue weighted by Gasteiger charge is -2.59. The molecule has 0 spiro atoms. The highest BCUT2D eigenvalue weighted by Gasteiger charge is 2.75. The Balaban J connectivity index is 1.54. The molecule has 0 radical (unpaired) electrons. The minimum absolute atomic E-state index is 0.00195.